The molecule has 1 aliphatic heterocycles. The highest BCUT2D eigenvalue weighted by Gasteiger charge is 2.18. The molecule has 0 radical (unpaired) electrons. The van der Waals surface area contributed by atoms with Crippen LogP contribution in [0.4, 0.5) is 0 Å². The Morgan fingerprint density at radius 3 is 2.55 bits per heavy atom. The SMILES string of the molecule is CC.CO.O=c1[nH]c2ccsc2cc1C1CCNCC1. The third kappa shape index (κ3) is 3.91. The normalized spacial score (nSPS) is 15.0. The van der Waals surface area contributed by atoms with E-state index < -0.39 is 0 Å². The highest BCUT2D eigenvalue weighted by Crippen LogP contribution is 2.26. The van der Waals surface area contributed by atoms with E-state index in [4.69, 9.17) is 5.11 Å². The van der Waals surface area contributed by atoms with E-state index in [9.17, 15) is 4.79 Å². The number of H-pyrrole nitrogens is 1. The van der Waals surface area contributed by atoms with Crippen LogP contribution in [0.25, 0.3) is 10.2 Å². The lowest BCUT2D eigenvalue weighted by Crippen LogP contribution is -2.29. The minimum atomic E-state index is 0.0952. The van der Waals surface area contributed by atoms with Gasteiger partial charge in [-0.2, -0.15) is 0 Å². The topological polar surface area (TPSA) is 65.1 Å². The average Bonchev–Trinajstić information content (AvgIpc) is 2.98. The fourth-order valence-corrected chi connectivity index (χ4v) is 3.17. The van der Waals surface area contributed by atoms with Crippen molar-refractivity contribution in [3.63, 3.8) is 0 Å². The zero-order valence-corrected chi connectivity index (χ0v) is 13.2. The van der Waals surface area contributed by atoms with E-state index in [2.05, 4.69) is 16.4 Å². The zero-order chi connectivity index (χ0) is 15.0. The van der Waals surface area contributed by atoms with Crippen LogP contribution < -0.4 is 10.9 Å². The number of pyridine rings is 1. The number of fused-ring (bicyclic) bond motifs is 1. The summed E-state index contributed by atoms with van der Waals surface area (Å²) in [5.74, 6) is 0.427. The molecule has 1 saturated heterocycles. The molecule has 4 nitrogen and oxygen atoms in total. The Hall–Kier alpha value is -1.17. The number of aromatic nitrogens is 1. The van der Waals surface area contributed by atoms with Crippen molar-refractivity contribution in [1.29, 1.82) is 0 Å². The second kappa shape index (κ2) is 8.89. The van der Waals surface area contributed by atoms with Crippen molar-refractivity contribution in [3.05, 3.63) is 33.4 Å². The van der Waals surface area contributed by atoms with Gasteiger partial charge in [-0.3, -0.25) is 4.79 Å². The summed E-state index contributed by atoms with van der Waals surface area (Å²) >= 11 is 1.69. The molecule has 2 aromatic heterocycles. The molecule has 0 unspecified atom stereocenters. The quantitative estimate of drug-likeness (QED) is 0.758. The molecule has 3 N–H and O–H groups in total. The molecular weight excluding hydrogens is 272 g/mol. The fourth-order valence-electron chi connectivity index (χ4n) is 2.37. The van der Waals surface area contributed by atoms with Crippen molar-refractivity contribution < 1.29 is 5.11 Å². The molecule has 3 rings (SSSR count). The second-order valence-electron chi connectivity index (χ2n) is 4.28. The Morgan fingerprint density at radius 2 is 1.90 bits per heavy atom. The van der Waals surface area contributed by atoms with Gasteiger partial charge in [0.05, 0.1) is 10.2 Å². The van der Waals surface area contributed by atoms with Gasteiger partial charge in [0.15, 0.2) is 0 Å². The lowest BCUT2D eigenvalue weighted by Gasteiger charge is -2.22. The first-order valence-corrected chi connectivity index (χ1v) is 7.98. The number of piperidine rings is 1. The lowest BCUT2D eigenvalue weighted by atomic mass is 9.91. The lowest BCUT2D eigenvalue weighted by molar-refractivity contribution is 0.399. The first-order chi connectivity index (χ1) is 9.84. The minimum Gasteiger partial charge on any atom is -0.400 e. The van der Waals surface area contributed by atoms with E-state index >= 15 is 0 Å². The first kappa shape index (κ1) is 16.9. The maximum Gasteiger partial charge on any atom is 0.251 e. The standard InChI is InChI=1S/C12H14N2OS.C2H6.CH4O/c15-12-9(8-1-4-13-5-2-8)7-11-10(14-12)3-6-16-11;2*1-2/h3,6-8,13H,1-2,4-5H2,(H,14,15);1-2H3;2H,1H3. The van der Waals surface area contributed by atoms with E-state index in [0.717, 1.165) is 44.1 Å². The summed E-state index contributed by atoms with van der Waals surface area (Å²) in [6, 6.07) is 4.04. The summed E-state index contributed by atoms with van der Waals surface area (Å²) in [7, 11) is 1.00. The van der Waals surface area contributed by atoms with Crippen LogP contribution >= 0.6 is 11.3 Å². The number of hydrogen-bond donors (Lipinski definition) is 3. The molecule has 1 aliphatic rings. The van der Waals surface area contributed by atoms with Gasteiger partial charge in [0.25, 0.3) is 5.56 Å². The summed E-state index contributed by atoms with van der Waals surface area (Å²) in [4.78, 5) is 14.9. The van der Waals surface area contributed by atoms with Crippen LogP contribution in [-0.2, 0) is 0 Å². The van der Waals surface area contributed by atoms with Gasteiger partial charge in [-0.05, 0) is 49.4 Å². The van der Waals surface area contributed by atoms with Crippen LogP contribution in [0.5, 0.6) is 0 Å². The predicted molar refractivity (Wildman–Crippen MR) is 86.8 cm³/mol. The van der Waals surface area contributed by atoms with Crippen LogP contribution in [0, 0.1) is 0 Å². The van der Waals surface area contributed by atoms with Crippen LogP contribution in [0.2, 0.25) is 0 Å². The summed E-state index contributed by atoms with van der Waals surface area (Å²) in [6.07, 6.45) is 2.14. The molecule has 1 fully saturated rings. The second-order valence-corrected chi connectivity index (χ2v) is 5.22. The Morgan fingerprint density at radius 1 is 1.25 bits per heavy atom. The van der Waals surface area contributed by atoms with Crippen LogP contribution in [-0.4, -0.2) is 30.3 Å². The smallest absolute Gasteiger partial charge is 0.251 e. The molecule has 0 aliphatic carbocycles. The van der Waals surface area contributed by atoms with Crippen molar-refractivity contribution in [2.24, 2.45) is 0 Å². The molecule has 0 spiro atoms. The van der Waals surface area contributed by atoms with Gasteiger partial charge in [0.2, 0.25) is 0 Å². The number of thiophene rings is 1. The van der Waals surface area contributed by atoms with Gasteiger partial charge in [-0.15, -0.1) is 11.3 Å². The van der Waals surface area contributed by atoms with Crippen LogP contribution in [0.3, 0.4) is 0 Å². The number of hydrogen-bond acceptors (Lipinski definition) is 4. The van der Waals surface area contributed by atoms with E-state index in [1.165, 1.54) is 4.70 Å². The first-order valence-electron chi connectivity index (χ1n) is 7.10. The molecule has 0 amide bonds. The van der Waals surface area contributed by atoms with Gasteiger partial charge < -0.3 is 15.4 Å². The maximum absolute atomic E-state index is 12.0. The van der Waals surface area contributed by atoms with Gasteiger partial charge in [0.1, 0.15) is 0 Å². The molecule has 0 saturated carbocycles. The third-order valence-electron chi connectivity index (χ3n) is 3.27. The van der Waals surface area contributed by atoms with Crippen LogP contribution in [0.1, 0.15) is 38.2 Å². The maximum atomic E-state index is 12.0. The monoisotopic (exact) mass is 296 g/mol. The molecule has 112 valence electrons. The zero-order valence-electron chi connectivity index (χ0n) is 12.4. The van der Waals surface area contributed by atoms with Gasteiger partial charge in [0, 0.05) is 12.7 Å². The van der Waals surface area contributed by atoms with E-state index in [0.29, 0.717) is 5.92 Å². The number of aromatic amines is 1. The average molecular weight is 296 g/mol. The van der Waals surface area contributed by atoms with E-state index in [1.54, 1.807) is 11.3 Å². The Labute approximate surface area is 123 Å². The molecule has 20 heavy (non-hydrogen) atoms. The van der Waals surface area contributed by atoms with Gasteiger partial charge in [-0.25, -0.2) is 0 Å². The largest absolute Gasteiger partial charge is 0.400 e. The van der Waals surface area contributed by atoms with E-state index in [1.807, 2.05) is 25.3 Å². The summed E-state index contributed by atoms with van der Waals surface area (Å²) in [5.41, 5.74) is 2.03. The molecule has 5 heteroatoms. The van der Waals surface area contributed by atoms with Crippen molar-refractivity contribution in [1.82, 2.24) is 10.3 Å². The number of rotatable bonds is 1. The Kier molecular flexibility index (Phi) is 7.51. The number of aliphatic hydroxyl groups is 1. The summed E-state index contributed by atoms with van der Waals surface area (Å²) < 4.78 is 1.19. The van der Waals surface area contributed by atoms with Crippen molar-refractivity contribution in [2.45, 2.75) is 32.6 Å². The third-order valence-corrected chi connectivity index (χ3v) is 4.14. The number of nitrogens with one attached hydrogen (secondary N) is 2. The molecule has 0 atom stereocenters. The van der Waals surface area contributed by atoms with Crippen molar-refractivity contribution in [3.8, 4) is 0 Å². The predicted octanol–water partition coefficient (Wildman–Crippen LogP) is 2.69. The molecule has 2 aromatic rings. The molecule has 0 bridgehead atoms. The van der Waals surface area contributed by atoms with Crippen molar-refractivity contribution in [2.75, 3.05) is 20.2 Å². The van der Waals surface area contributed by atoms with Gasteiger partial charge >= 0.3 is 0 Å². The van der Waals surface area contributed by atoms with Gasteiger partial charge in [-0.1, -0.05) is 13.8 Å². The number of aliphatic hydroxyl groups excluding tert-OH is 1. The highest BCUT2D eigenvalue weighted by atomic mass is 32.1. The van der Waals surface area contributed by atoms with Crippen molar-refractivity contribution >= 4 is 21.6 Å². The highest BCUT2D eigenvalue weighted by molar-refractivity contribution is 7.17. The molecule has 3 heterocycles. The van der Waals surface area contributed by atoms with E-state index in [-0.39, 0.29) is 5.56 Å². The molecular formula is C15H24N2O2S. The molecule has 0 aromatic carbocycles. The summed E-state index contributed by atoms with van der Waals surface area (Å²) in [6.45, 7) is 6.04. The van der Waals surface area contributed by atoms with Crippen LogP contribution in [0.15, 0.2) is 22.3 Å². The Bertz CT molecular complexity index is 556. The fraction of sp³-hybridized carbons (Fsp3) is 0.533. The Balaban J connectivity index is 0.000000461. The summed E-state index contributed by atoms with van der Waals surface area (Å²) in [5, 5.41) is 12.3. The minimum absolute atomic E-state index is 0.0952.